The number of likely N-dealkylation sites (tertiary alicyclic amines) is 1. The first-order chi connectivity index (χ1) is 6.74. The number of halogens is 1. The third-order valence-electron chi connectivity index (χ3n) is 2.73. The van der Waals surface area contributed by atoms with E-state index in [-0.39, 0.29) is 0 Å². The summed E-state index contributed by atoms with van der Waals surface area (Å²) in [7, 11) is 4.36. The van der Waals surface area contributed by atoms with Crippen LogP contribution in [-0.4, -0.2) is 60.8 Å². The lowest BCUT2D eigenvalue weighted by molar-refractivity contribution is 0.0419. The van der Waals surface area contributed by atoms with Crippen molar-refractivity contribution in [2.75, 3.05) is 45.0 Å². The highest BCUT2D eigenvalue weighted by Gasteiger charge is 2.21. The molecule has 0 radical (unpaired) electrons. The molecule has 14 heavy (non-hydrogen) atoms. The van der Waals surface area contributed by atoms with E-state index < -0.39 is 0 Å². The van der Waals surface area contributed by atoms with Crippen molar-refractivity contribution in [3.05, 3.63) is 0 Å². The molecule has 0 spiro atoms. The first-order valence-electron chi connectivity index (χ1n) is 5.26. The molecule has 1 unspecified atom stereocenters. The number of rotatable bonds is 6. The van der Waals surface area contributed by atoms with Gasteiger partial charge >= 0.3 is 0 Å². The summed E-state index contributed by atoms with van der Waals surface area (Å²) in [6, 6.07) is 0.739. The maximum absolute atomic E-state index is 5.49. The number of hydrogen-bond donors (Lipinski definition) is 0. The van der Waals surface area contributed by atoms with Gasteiger partial charge in [0.15, 0.2) is 0 Å². The number of hydrogen-bond acceptors (Lipinski definition) is 3. The fourth-order valence-corrected chi connectivity index (χ4v) is 2.21. The molecule has 1 saturated heterocycles. The molecule has 0 aromatic heterocycles. The number of likely N-dealkylation sites (N-methyl/N-ethyl adjacent to an activating group) is 2. The van der Waals surface area contributed by atoms with Gasteiger partial charge in [0.2, 0.25) is 0 Å². The van der Waals surface area contributed by atoms with Crippen LogP contribution in [0.3, 0.4) is 0 Å². The molecule has 0 aromatic rings. The van der Waals surface area contributed by atoms with Crippen LogP contribution in [0.25, 0.3) is 0 Å². The average Bonchev–Trinajstić information content (AvgIpc) is 2.52. The van der Waals surface area contributed by atoms with Crippen molar-refractivity contribution >= 4 is 22.6 Å². The van der Waals surface area contributed by atoms with Gasteiger partial charge in [-0.1, -0.05) is 22.6 Å². The lowest BCUT2D eigenvalue weighted by Crippen LogP contribution is -2.37. The Hall–Kier alpha value is 0.610. The van der Waals surface area contributed by atoms with Gasteiger partial charge in [-0.3, -0.25) is 4.90 Å². The molecule has 0 aliphatic carbocycles. The van der Waals surface area contributed by atoms with Gasteiger partial charge in [-0.25, -0.2) is 0 Å². The van der Waals surface area contributed by atoms with E-state index in [1.165, 1.54) is 19.4 Å². The minimum absolute atomic E-state index is 0.739. The van der Waals surface area contributed by atoms with E-state index >= 15 is 0 Å². The minimum Gasteiger partial charge on any atom is -0.365 e. The Morgan fingerprint density at radius 1 is 1.57 bits per heavy atom. The first kappa shape index (κ1) is 12.7. The molecule has 0 aromatic carbocycles. The summed E-state index contributed by atoms with van der Waals surface area (Å²) in [5.41, 5.74) is 0. The molecule has 1 atom stereocenters. The summed E-state index contributed by atoms with van der Waals surface area (Å²) in [6.07, 6.45) is 2.69. The van der Waals surface area contributed by atoms with E-state index in [1.54, 1.807) is 0 Å². The summed E-state index contributed by atoms with van der Waals surface area (Å²) in [4.78, 5) is 4.73. The lowest BCUT2D eigenvalue weighted by atomic mass is 10.2. The summed E-state index contributed by atoms with van der Waals surface area (Å²) < 4.78 is 6.57. The van der Waals surface area contributed by atoms with Crippen LogP contribution in [0.15, 0.2) is 0 Å². The molecular weight excluding hydrogens is 291 g/mol. The minimum atomic E-state index is 0.739. The summed E-state index contributed by atoms with van der Waals surface area (Å²) in [5.74, 6) is 0. The van der Waals surface area contributed by atoms with E-state index in [0.717, 1.165) is 30.4 Å². The van der Waals surface area contributed by atoms with Crippen LogP contribution in [0, 0.1) is 0 Å². The molecule has 3 nitrogen and oxygen atoms in total. The number of alkyl halides is 1. The number of nitrogens with zero attached hydrogens (tertiary/aromatic N) is 2. The summed E-state index contributed by atoms with van der Waals surface area (Å²) in [6.45, 7) is 4.03. The fraction of sp³-hybridized carbons (Fsp3) is 1.00. The van der Waals surface area contributed by atoms with Gasteiger partial charge in [0, 0.05) is 17.0 Å². The van der Waals surface area contributed by atoms with Gasteiger partial charge in [0.25, 0.3) is 0 Å². The monoisotopic (exact) mass is 312 g/mol. The lowest BCUT2D eigenvalue weighted by Gasteiger charge is -2.25. The van der Waals surface area contributed by atoms with Crippen molar-refractivity contribution < 1.29 is 4.74 Å². The van der Waals surface area contributed by atoms with Crippen LogP contribution in [0.5, 0.6) is 0 Å². The fourth-order valence-electron chi connectivity index (χ4n) is 1.90. The van der Waals surface area contributed by atoms with Gasteiger partial charge in [0.1, 0.15) is 0 Å². The largest absolute Gasteiger partial charge is 0.365 e. The molecule has 1 heterocycles. The Labute approximate surface area is 101 Å². The third-order valence-corrected chi connectivity index (χ3v) is 3.17. The van der Waals surface area contributed by atoms with Gasteiger partial charge in [0.05, 0.1) is 13.3 Å². The van der Waals surface area contributed by atoms with Crippen LogP contribution in [0.4, 0.5) is 0 Å². The third kappa shape index (κ3) is 4.42. The molecule has 0 N–H and O–H groups in total. The van der Waals surface area contributed by atoms with Crippen molar-refractivity contribution in [2.24, 2.45) is 0 Å². The Kier molecular flexibility index (Phi) is 6.32. The molecule has 1 aliphatic rings. The molecule has 1 rings (SSSR count). The average molecular weight is 312 g/mol. The highest BCUT2D eigenvalue weighted by molar-refractivity contribution is 14.1. The summed E-state index contributed by atoms with van der Waals surface area (Å²) in [5, 5.41) is 0. The standard InChI is InChI=1S/C10H21IN2O/c1-12(9-14-7-5-11)8-10-4-3-6-13(10)2/h10H,3-9H2,1-2H3. The highest BCUT2D eigenvalue weighted by atomic mass is 127. The van der Waals surface area contributed by atoms with Gasteiger partial charge in [-0.15, -0.1) is 0 Å². The second kappa shape index (κ2) is 6.98. The zero-order chi connectivity index (χ0) is 10.4. The molecule has 4 heteroatoms. The predicted octanol–water partition coefficient (Wildman–Crippen LogP) is 1.42. The van der Waals surface area contributed by atoms with Crippen molar-refractivity contribution in [3.8, 4) is 0 Å². The SMILES string of the molecule is CN(COCCI)CC1CCCN1C. The van der Waals surface area contributed by atoms with E-state index in [9.17, 15) is 0 Å². The van der Waals surface area contributed by atoms with Gasteiger partial charge in [-0.2, -0.15) is 0 Å². The van der Waals surface area contributed by atoms with Crippen molar-refractivity contribution in [2.45, 2.75) is 18.9 Å². The van der Waals surface area contributed by atoms with Gasteiger partial charge in [-0.05, 0) is 33.5 Å². The van der Waals surface area contributed by atoms with E-state index in [4.69, 9.17) is 4.74 Å². The van der Waals surface area contributed by atoms with E-state index in [2.05, 4.69) is 46.5 Å². The first-order valence-corrected chi connectivity index (χ1v) is 6.79. The quantitative estimate of drug-likeness (QED) is 0.319. The van der Waals surface area contributed by atoms with Crippen LogP contribution in [0.1, 0.15) is 12.8 Å². The molecule has 84 valence electrons. The van der Waals surface area contributed by atoms with E-state index in [1.807, 2.05) is 0 Å². The smallest absolute Gasteiger partial charge is 0.0988 e. The van der Waals surface area contributed by atoms with Crippen molar-refractivity contribution in [1.82, 2.24) is 9.80 Å². The predicted molar refractivity (Wildman–Crippen MR) is 68.0 cm³/mol. The van der Waals surface area contributed by atoms with Crippen LogP contribution >= 0.6 is 22.6 Å². The number of ether oxygens (including phenoxy) is 1. The van der Waals surface area contributed by atoms with E-state index in [0.29, 0.717) is 0 Å². The van der Waals surface area contributed by atoms with Crippen LogP contribution in [-0.2, 0) is 4.74 Å². The molecule has 1 fully saturated rings. The molecule has 0 amide bonds. The van der Waals surface area contributed by atoms with Crippen LogP contribution in [0.2, 0.25) is 0 Å². The zero-order valence-corrected chi connectivity index (χ0v) is 11.4. The maximum Gasteiger partial charge on any atom is 0.0988 e. The maximum atomic E-state index is 5.49. The molecule has 0 saturated carbocycles. The second-order valence-electron chi connectivity index (χ2n) is 4.04. The Morgan fingerprint density at radius 3 is 2.93 bits per heavy atom. The highest BCUT2D eigenvalue weighted by Crippen LogP contribution is 2.15. The molecule has 1 aliphatic heterocycles. The van der Waals surface area contributed by atoms with Gasteiger partial charge < -0.3 is 9.64 Å². The Bertz CT molecular complexity index is 157. The topological polar surface area (TPSA) is 15.7 Å². The summed E-state index contributed by atoms with van der Waals surface area (Å²) >= 11 is 2.34. The normalized spacial score (nSPS) is 23.6. The molecule has 0 bridgehead atoms. The van der Waals surface area contributed by atoms with Crippen molar-refractivity contribution in [3.63, 3.8) is 0 Å². The van der Waals surface area contributed by atoms with Crippen LogP contribution < -0.4 is 0 Å². The Morgan fingerprint density at radius 2 is 2.36 bits per heavy atom. The second-order valence-corrected chi connectivity index (χ2v) is 5.12. The molecular formula is C10H21IN2O. The Balaban J connectivity index is 2.09. The zero-order valence-electron chi connectivity index (χ0n) is 9.21. The van der Waals surface area contributed by atoms with Crippen molar-refractivity contribution in [1.29, 1.82) is 0 Å².